The molecule has 2 aromatic rings. The minimum atomic E-state index is -0.223. The number of nitrogens with one attached hydrogen (secondary N) is 1. The monoisotopic (exact) mass is 437 g/mol. The van der Waals surface area contributed by atoms with Gasteiger partial charge in [0.05, 0.1) is 17.7 Å². The third-order valence-electron chi connectivity index (χ3n) is 5.84. The molecule has 0 bridgehead atoms. The summed E-state index contributed by atoms with van der Waals surface area (Å²) in [6, 6.07) is 17.1. The van der Waals surface area contributed by atoms with Crippen molar-refractivity contribution in [2.24, 2.45) is 0 Å². The molecule has 1 spiro atoms. The van der Waals surface area contributed by atoms with Crippen LogP contribution in [0.2, 0.25) is 0 Å². The Morgan fingerprint density at radius 3 is 2.48 bits per heavy atom. The maximum absolute atomic E-state index is 12.9. The second kappa shape index (κ2) is 9.47. The number of para-hydroxylation sites is 2. The first-order chi connectivity index (χ1) is 15.1. The van der Waals surface area contributed by atoms with Crippen LogP contribution in [-0.4, -0.2) is 59.1 Å². The smallest absolute Gasteiger partial charge is 0.321 e. The summed E-state index contributed by atoms with van der Waals surface area (Å²) in [5, 5.41) is 2.95. The average molecular weight is 438 g/mol. The molecule has 2 aliphatic heterocycles. The molecule has 4 rings (SSSR count). The Morgan fingerprint density at radius 2 is 1.74 bits per heavy atom. The van der Waals surface area contributed by atoms with Crippen molar-refractivity contribution >= 4 is 35.5 Å². The van der Waals surface area contributed by atoms with Gasteiger partial charge >= 0.3 is 6.03 Å². The lowest BCUT2D eigenvalue weighted by Gasteiger charge is -2.43. The van der Waals surface area contributed by atoms with Crippen LogP contribution in [0.4, 0.5) is 10.5 Å². The SMILES string of the molecule is COc1ccccc1NC(=O)N1CCC2(CC1)SCCN2C(=O)C=Cc1ccccc1. The normalized spacial score (nSPS) is 17.8. The van der Waals surface area contributed by atoms with Crippen molar-refractivity contribution in [1.29, 1.82) is 0 Å². The summed E-state index contributed by atoms with van der Waals surface area (Å²) in [5.41, 5.74) is 1.67. The van der Waals surface area contributed by atoms with E-state index in [1.54, 1.807) is 13.2 Å². The zero-order valence-corrected chi connectivity index (χ0v) is 18.4. The summed E-state index contributed by atoms with van der Waals surface area (Å²) in [4.78, 5) is 29.3. The number of likely N-dealkylation sites (tertiary alicyclic amines) is 1. The molecule has 2 fully saturated rings. The molecule has 3 amide bonds. The number of carbonyl (C=O) groups is 2. The second-order valence-corrected chi connectivity index (χ2v) is 9.10. The standard InChI is InChI=1S/C24H27N3O3S/c1-30-21-10-6-5-9-20(21)25-23(29)26-15-13-24(14-16-26)27(17-18-31-24)22(28)12-11-19-7-3-2-4-8-19/h2-12H,13-18H2,1H3,(H,25,29). The maximum atomic E-state index is 12.9. The highest BCUT2D eigenvalue weighted by Crippen LogP contribution is 2.44. The van der Waals surface area contributed by atoms with Gasteiger partial charge in [-0.3, -0.25) is 4.79 Å². The lowest BCUT2D eigenvalue weighted by molar-refractivity contribution is -0.129. The lowest BCUT2D eigenvalue weighted by Crippen LogP contribution is -2.53. The first-order valence-electron chi connectivity index (χ1n) is 10.5. The summed E-state index contributed by atoms with van der Waals surface area (Å²) in [6.45, 7) is 1.97. The summed E-state index contributed by atoms with van der Waals surface area (Å²) < 4.78 is 5.32. The van der Waals surface area contributed by atoms with Gasteiger partial charge < -0.3 is 19.9 Å². The van der Waals surface area contributed by atoms with Crippen molar-refractivity contribution < 1.29 is 14.3 Å². The Labute approximate surface area is 187 Å². The van der Waals surface area contributed by atoms with Crippen LogP contribution in [-0.2, 0) is 4.79 Å². The molecule has 2 heterocycles. The molecule has 0 atom stereocenters. The van der Waals surface area contributed by atoms with E-state index >= 15 is 0 Å². The van der Waals surface area contributed by atoms with Crippen molar-refractivity contribution in [3.8, 4) is 5.75 Å². The topological polar surface area (TPSA) is 61.9 Å². The molecule has 2 aromatic carbocycles. The van der Waals surface area contributed by atoms with E-state index in [-0.39, 0.29) is 16.8 Å². The number of nitrogens with zero attached hydrogens (tertiary/aromatic N) is 2. The van der Waals surface area contributed by atoms with Crippen LogP contribution in [0, 0.1) is 0 Å². The van der Waals surface area contributed by atoms with Crippen molar-refractivity contribution in [1.82, 2.24) is 9.80 Å². The van der Waals surface area contributed by atoms with E-state index < -0.39 is 0 Å². The van der Waals surface area contributed by atoms with E-state index in [2.05, 4.69) is 5.32 Å². The molecule has 0 aliphatic carbocycles. The zero-order valence-electron chi connectivity index (χ0n) is 17.6. The fourth-order valence-electron chi connectivity index (χ4n) is 4.16. The van der Waals surface area contributed by atoms with Gasteiger partial charge in [-0.05, 0) is 36.6 Å². The highest BCUT2D eigenvalue weighted by molar-refractivity contribution is 8.00. The molecule has 0 unspecified atom stereocenters. The molecule has 6 nitrogen and oxygen atoms in total. The van der Waals surface area contributed by atoms with Gasteiger partial charge in [0, 0.05) is 31.5 Å². The van der Waals surface area contributed by atoms with E-state index in [9.17, 15) is 9.59 Å². The number of thioether (sulfide) groups is 1. The predicted octanol–water partition coefficient (Wildman–Crippen LogP) is 4.31. The fraction of sp³-hybridized carbons (Fsp3) is 0.333. The fourth-order valence-corrected chi connectivity index (χ4v) is 5.62. The number of methoxy groups -OCH3 is 1. The molecule has 2 aliphatic rings. The number of hydrogen-bond donors (Lipinski definition) is 1. The van der Waals surface area contributed by atoms with Gasteiger partial charge in [0.1, 0.15) is 5.75 Å². The summed E-state index contributed by atoms with van der Waals surface area (Å²) in [6.07, 6.45) is 5.07. The van der Waals surface area contributed by atoms with Crippen LogP contribution in [0.3, 0.4) is 0 Å². The molecule has 0 saturated carbocycles. The van der Waals surface area contributed by atoms with Crippen LogP contribution in [0.25, 0.3) is 6.08 Å². The first-order valence-corrected chi connectivity index (χ1v) is 11.5. The largest absolute Gasteiger partial charge is 0.495 e. The molecule has 0 radical (unpaired) electrons. The molecule has 7 heteroatoms. The molecular formula is C24H27N3O3S. The molecular weight excluding hydrogens is 410 g/mol. The Bertz CT molecular complexity index is 956. The summed E-state index contributed by atoms with van der Waals surface area (Å²) in [7, 11) is 1.59. The number of ether oxygens (including phenoxy) is 1. The van der Waals surface area contributed by atoms with Gasteiger partial charge in [-0.25, -0.2) is 4.79 Å². The molecule has 31 heavy (non-hydrogen) atoms. The Hall–Kier alpha value is -2.93. The van der Waals surface area contributed by atoms with Gasteiger partial charge in [0.25, 0.3) is 0 Å². The molecule has 162 valence electrons. The number of anilines is 1. The van der Waals surface area contributed by atoms with Crippen LogP contribution in [0.15, 0.2) is 60.7 Å². The van der Waals surface area contributed by atoms with E-state index in [1.807, 2.05) is 82.2 Å². The minimum absolute atomic E-state index is 0.0424. The van der Waals surface area contributed by atoms with Crippen molar-refractivity contribution in [2.75, 3.05) is 37.8 Å². The van der Waals surface area contributed by atoms with Crippen LogP contribution < -0.4 is 10.1 Å². The number of hydrogen-bond acceptors (Lipinski definition) is 4. The Balaban J connectivity index is 1.37. The third kappa shape index (κ3) is 4.71. The Morgan fingerprint density at radius 1 is 1.03 bits per heavy atom. The number of rotatable bonds is 4. The van der Waals surface area contributed by atoms with E-state index in [1.165, 1.54) is 0 Å². The number of piperidine rings is 1. The van der Waals surface area contributed by atoms with Gasteiger partial charge in [-0.15, -0.1) is 11.8 Å². The number of urea groups is 1. The van der Waals surface area contributed by atoms with Crippen molar-refractivity contribution in [2.45, 2.75) is 17.7 Å². The van der Waals surface area contributed by atoms with Gasteiger partial charge in [0.2, 0.25) is 5.91 Å². The first kappa shape index (κ1) is 21.3. The van der Waals surface area contributed by atoms with Crippen molar-refractivity contribution in [3.63, 3.8) is 0 Å². The highest BCUT2D eigenvalue weighted by Gasteiger charge is 2.46. The van der Waals surface area contributed by atoms with E-state index in [0.717, 1.165) is 30.7 Å². The summed E-state index contributed by atoms with van der Waals surface area (Å²) in [5.74, 6) is 1.61. The van der Waals surface area contributed by atoms with Crippen LogP contribution >= 0.6 is 11.8 Å². The van der Waals surface area contributed by atoms with Crippen LogP contribution in [0.5, 0.6) is 5.75 Å². The third-order valence-corrected chi connectivity index (χ3v) is 7.39. The zero-order chi connectivity index (χ0) is 21.7. The molecule has 1 N–H and O–H groups in total. The number of carbonyl (C=O) groups excluding carboxylic acids is 2. The minimum Gasteiger partial charge on any atom is -0.495 e. The second-order valence-electron chi connectivity index (χ2n) is 7.65. The average Bonchev–Trinajstić information content (AvgIpc) is 3.22. The van der Waals surface area contributed by atoms with Gasteiger partial charge in [-0.2, -0.15) is 0 Å². The predicted molar refractivity (Wildman–Crippen MR) is 125 cm³/mol. The van der Waals surface area contributed by atoms with Gasteiger partial charge in [0.15, 0.2) is 0 Å². The van der Waals surface area contributed by atoms with E-state index in [4.69, 9.17) is 4.74 Å². The number of amides is 3. The molecule has 2 saturated heterocycles. The summed E-state index contributed by atoms with van der Waals surface area (Å²) >= 11 is 1.84. The van der Waals surface area contributed by atoms with Crippen molar-refractivity contribution in [3.05, 3.63) is 66.2 Å². The van der Waals surface area contributed by atoms with Crippen LogP contribution in [0.1, 0.15) is 18.4 Å². The number of benzene rings is 2. The Kier molecular flexibility index (Phi) is 6.51. The quantitative estimate of drug-likeness (QED) is 0.724. The van der Waals surface area contributed by atoms with Gasteiger partial charge in [-0.1, -0.05) is 42.5 Å². The molecule has 0 aromatic heterocycles. The van der Waals surface area contributed by atoms with E-state index in [0.29, 0.717) is 24.5 Å². The highest BCUT2D eigenvalue weighted by atomic mass is 32.2. The maximum Gasteiger partial charge on any atom is 0.321 e. The lowest BCUT2D eigenvalue weighted by atomic mass is 10.0.